The highest BCUT2D eigenvalue weighted by molar-refractivity contribution is 6.05. The number of ether oxygens (including phenoxy) is 2. The van der Waals surface area contributed by atoms with Gasteiger partial charge in [0.15, 0.2) is 0 Å². The minimum atomic E-state index is -0.243. The highest BCUT2D eigenvalue weighted by Crippen LogP contribution is 2.17. The predicted octanol–water partition coefficient (Wildman–Crippen LogP) is 3.63. The van der Waals surface area contributed by atoms with Gasteiger partial charge in [0.2, 0.25) is 0 Å². The van der Waals surface area contributed by atoms with Crippen molar-refractivity contribution in [3.8, 4) is 5.75 Å². The van der Waals surface area contributed by atoms with Crippen molar-refractivity contribution in [2.24, 2.45) is 0 Å². The van der Waals surface area contributed by atoms with Gasteiger partial charge >= 0.3 is 0 Å². The lowest BCUT2D eigenvalue weighted by molar-refractivity contribution is 0.0857. The molecule has 0 bridgehead atoms. The van der Waals surface area contributed by atoms with Crippen LogP contribution in [-0.4, -0.2) is 37.2 Å². The van der Waals surface area contributed by atoms with E-state index in [4.69, 9.17) is 9.47 Å². The van der Waals surface area contributed by atoms with E-state index in [1.807, 2.05) is 13.8 Å². The van der Waals surface area contributed by atoms with Gasteiger partial charge in [0.1, 0.15) is 5.75 Å². The molecule has 1 atom stereocenters. The van der Waals surface area contributed by atoms with Crippen molar-refractivity contribution in [3.05, 3.63) is 59.7 Å². The van der Waals surface area contributed by atoms with Crippen LogP contribution in [0, 0.1) is 0 Å². The Labute approximate surface area is 165 Å². The lowest BCUT2D eigenvalue weighted by Gasteiger charge is -2.12. The van der Waals surface area contributed by atoms with Crippen LogP contribution in [0.3, 0.4) is 0 Å². The molecule has 0 aromatic heterocycles. The summed E-state index contributed by atoms with van der Waals surface area (Å²) in [5.74, 6) is 0.297. The van der Waals surface area contributed by atoms with Gasteiger partial charge < -0.3 is 20.1 Å². The molecule has 0 unspecified atom stereocenters. The maximum atomic E-state index is 12.5. The summed E-state index contributed by atoms with van der Waals surface area (Å²) in [6.45, 7) is 5.15. The van der Waals surface area contributed by atoms with Gasteiger partial charge in [-0.25, -0.2) is 0 Å². The lowest BCUT2D eigenvalue weighted by Crippen LogP contribution is -2.31. The number of benzene rings is 2. The summed E-state index contributed by atoms with van der Waals surface area (Å²) in [7, 11) is 0. The molecular formula is C22H26N2O4. The maximum Gasteiger partial charge on any atom is 0.255 e. The Morgan fingerprint density at radius 2 is 1.89 bits per heavy atom. The van der Waals surface area contributed by atoms with Gasteiger partial charge in [-0.1, -0.05) is 6.07 Å². The molecule has 6 heteroatoms. The average Bonchev–Trinajstić information content (AvgIpc) is 3.20. The lowest BCUT2D eigenvalue weighted by atomic mass is 10.1. The largest absolute Gasteiger partial charge is 0.491 e. The summed E-state index contributed by atoms with van der Waals surface area (Å²) in [5.41, 5.74) is 1.58. The fourth-order valence-corrected chi connectivity index (χ4v) is 3.01. The molecule has 2 N–H and O–H groups in total. The molecule has 1 aliphatic rings. The van der Waals surface area contributed by atoms with Gasteiger partial charge in [-0.2, -0.15) is 0 Å². The molecule has 28 heavy (non-hydrogen) atoms. The zero-order valence-corrected chi connectivity index (χ0v) is 16.2. The number of hydrogen-bond acceptors (Lipinski definition) is 4. The third-order valence-electron chi connectivity index (χ3n) is 4.39. The fraction of sp³-hybridized carbons (Fsp3) is 0.364. The van der Waals surface area contributed by atoms with E-state index in [1.165, 1.54) is 0 Å². The van der Waals surface area contributed by atoms with E-state index in [2.05, 4.69) is 10.6 Å². The van der Waals surface area contributed by atoms with Gasteiger partial charge in [0.05, 0.1) is 12.2 Å². The van der Waals surface area contributed by atoms with Gasteiger partial charge in [-0.3, -0.25) is 9.59 Å². The first-order valence-corrected chi connectivity index (χ1v) is 9.59. The molecule has 0 saturated carbocycles. The second kappa shape index (κ2) is 9.37. The number of carbonyl (C=O) groups is 2. The summed E-state index contributed by atoms with van der Waals surface area (Å²) < 4.78 is 11.1. The molecule has 6 nitrogen and oxygen atoms in total. The molecular weight excluding hydrogens is 356 g/mol. The summed E-state index contributed by atoms with van der Waals surface area (Å²) in [4.78, 5) is 24.8. The molecule has 148 valence electrons. The maximum absolute atomic E-state index is 12.5. The standard InChI is InChI=1S/C22H26N2O4/c1-15(2)28-19-10-8-16(9-11-19)22(26)24-18-6-3-5-17(13-18)21(25)23-14-20-7-4-12-27-20/h3,5-6,8-11,13,15,20H,4,7,12,14H2,1-2H3,(H,23,25)(H,24,26)/t20-/m0/s1. The number of amides is 2. The fourth-order valence-electron chi connectivity index (χ4n) is 3.01. The summed E-state index contributed by atoms with van der Waals surface area (Å²) >= 11 is 0. The van der Waals surface area contributed by atoms with Crippen LogP contribution in [-0.2, 0) is 4.74 Å². The van der Waals surface area contributed by atoms with Crippen molar-refractivity contribution in [2.75, 3.05) is 18.5 Å². The van der Waals surface area contributed by atoms with E-state index in [0.717, 1.165) is 25.2 Å². The number of rotatable bonds is 7. The number of hydrogen-bond donors (Lipinski definition) is 2. The monoisotopic (exact) mass is 382 g/mol. The first-order chi connectivity index (χ1) is 13.5. The Bertz CT molecular complexity index is 812. The van der Waals surface area contributed by atoms with Gasteiger partial charge in [-0.05, 0) is 69.2 Å². The van der Waals surface area contributed by atoms with E-state index in [-0.39, 0.29) is 24.0 Å². The second-order valence-electron chi connectivity index (χ2n) is 7.07. The molecule has 1 saturated heterocycles. The second-order valence-corrected chi connectivity index (χ2v) is 7.07. The van der Waals surface area contributed by atoms with Crippen LogP contribution < -0.4 is 15.4 Å². The Hall–Kier alpha value is -2.86. The van der Waals surface area contributed by atoms with Gasteiger partial charge in [0, 0.05) is 30.0 Å². The molecule has 2 amide bonds. The molecule has 0 radical (unpaired) electrons. The van der Waals surface area contributed by atoms with E-state index in [1.54, 1.807) is 48.5 Å². The zero-order chi connectivity index (χ0) is 19.9. The number of nitrogens with one attached hydrogen (secondary N) is 2. The predicted molar refractivity (Wildman–Crippen MR) is 108 cm³/mol. The molecule has 3 rings (SSSR count). The highest BCUT2D eigenvalue weighted by Gasteiger charge is 2.17. The highest BCUT2D eigenvalue weighted by atomic mass is 16.5. The molecule has 1 heterocycles. The number of anilines is 1. The van der Waals surface area contributed by atoms with Crippen molar-refractivity contribution >= 4 is 17.5 Å². The van der Waals surface area contributed by atoms with Crippen molar-refractivity contribution in [2.45, 2.75) is 38.9 Å². The van der Waals surface area contributed by atoms with E-state index < -0.39 is 0 Å². The van der Waals surface area contributed by atoms with Crippen LogP contribution in [0.1, 0.15) is 47.4 Å². The van der Waals surface area contributed by atoms with Crippen LogP contribution in [0.2, 0.25) is 0 Å². The third-order valence-corrected chi connectivity index (χ3v) is 4.39. The first-order valence-electron chi connectivity index (χ1n) is 9.59. The Kier molecular flexibility index (Phi) is 6.66. The van der Waals surface area contributed by atoms with Crippen molar-refractivity contribution in [1.29, 1.82) is 0 Å². The van der Waals surface area contributed by atoms with Crippen LogP contribution in [0.5, 0.6) is 5.75 Å². The van der Waals surface area contributed by atoms with Crippen molar-refractivity contribution in [3.63, 3.8) is 0 Å². The molecule has 0 aliphatic carbocycles. The van der Waals surface area contributed by atoms with Crippen LogP contribution >= 0.6 is 0 Å². The average molecular weight is 382 g/mol. The summed E-state index contributed by atoms with van der Waals surface area (Å²) in [6, 6.07) is 13.9. The van der Waals surface area contributed by atoms with E-state index in [9.17, 15) is 9.59 Å². The molecule has 1 aliphatic heterocycles. The van der Waals surface area contributed by atoms with Crippen LogP contribution in [0.25, 0.3) is 0 Å². The Balaban J connectivity index is 1.58. The molecule has 0 spiro atoms. The van der Waals surface area contributed by atoms with E-state index >= 15 is 0 Å². The van der Waals surface area contributed by atoms with E-state index in [0.29, 0.717) is 23.4 Å². The minimum Gasteiger partial charge on any atom is -0.491 e. The molecule has 2 aromatic rings. The van der Waals surface area contributed by atoms with Crippen LogP contribution in [0.4, 0.5) is 5.69 Å². The van der Waals surface area contributed by atoms with Gasteiger partial charge in [-0.15, -0.1) is 0 Å². The molecule has 2 aromatic carbocycles. The minimum absolute atomic E-state index is 0.0776. The smallest absolute Gasteiger partial charge is 0.255 e. The van der Waals surface area contributed by atoms with Gasteiger partial charge in [0.25, 0.3) is 11.8 Å². The Morgan fingerprint density at radius 3 is 2.57 bits per heavy atom. The number of carbonyl (C=O) groups excluding carboxylic acids is 2. The quantitative estimate of drug-likeness (QED) is 0.767. The van der Waals surface area contributed by atoms with Crippen molar-refractivity contribution in [1.82, 2.24) is 5.32 Å². The summed E-state index contributed by atoms with van der Waals surface area (Å²) in [5, 5.41) is 5.71. The Morgan fingerprint density at radius 1 is 1.11 bits per heavy atom. The zero-order valence-electron chi connectivity index (χ0n) is 16.2. The summed E-state index contributed by atoms with van der Waals surface area (Å²) in [6.07, 6.45) is 2.17. The molecule has 1 fully saturated rings. The SMILES string of the molecule is CC(C)Oc1ccc(C(=O)Nc2cccc(C(=O)NC[C@@H]3CCCO3)c2)cc1. The normalized spacial score (nSPS) is 16.0. The van der Waals surface area contributed by atoms with Crippen molar-refractivity contribution < 1.29 is 19.1 Å². The first kappa shape index (κ1) is 19.9. The third kappa shape index (κ3) is 5.57. The van der Waals surface area contributed by atoms with Crippen LogP contribution in [0.15, 0.2) is 48.5 Å². The topological polar surface area (TPSA) is 76.7 Å².